The van der Waals surface area contributed by atoms with Crippen molar-refractivity contribution in [2.24, 2.45) is 0 Å². The minimum absolute atomic E-state index is 0.0100. The Kier molecular flexibility index (Phi) is 6.78. The highest BCUT2D eigenvalue weighted by Crippen LogP contribution is 2.25. The van der Waals surface area contributed by atoms with Crippen LogP contribution in [-0.4, -0.2) is 60.9 Å². The molecule has 2 aromatic rings. The summed E-state index contributed by atoms with van der Waals surface area (Å²) in [7, 11) is -7.01. The summed E-state index contributed by atoms with van der Waals surface area (Å²) in [5, 5.41) is -0.551. The molecule has 30 heavy (non-hydrogen) atoms. The van der Waals surface area contributed by atoms with Crippen LogP contribution in [0.2, 0.25) is 5.02 Å². The molecule has 0 spiro atoms. The molecule has 0 aliphatic carbocycles. The summed E-state index contributed by atoms with van der Waals surface area (Å²) in [6.07, 6.45) is 1.76. The van der Waals surface area contributed by atoms with Crippen LogP contribution in [0.15, 0.2) is 41.7 Å². The van der Waals surface area contributed by atoms with Crippen LogP contribution in [-0.2, 0) is 26.2 Å². The number of rotatable bonds is 7. The van der Waals surface area contributed by atoms with E-state index in [1.165, 1.54) is 4.90 Å². The zero-order valence-corrected chi connectivity index (χ0v) is 18.8. The molecular weight excluding hydrogens is 450 g/mol. The first-order valence-corrected chi connectivity index (χ1v) is 13.3. The van der Waals surface area contributed by atoms with E-state index in [2.05, 4.69) is 9.97 Å². The fourth-order valence-corrected chi connectivity index (χ4v) is 6.38. The van der Waals surface area contributed by atoms with Crippen LogP contribution in [0.1, 0.15) is 35.8 Å². The van der Waals surface area contributed by atoms with E-state index in [0.29, 0.717) is 12.8 Å². The lowest BCUT2D eigenvalue weighted by atomic mass is 10.1. The van der Waals surface area contributed by atoms with Crippen molar-refractivity contribution in [3.8, 4) is 0 Å². The van der Waals surface area contributed by atoms with E-state index in [-0.39, 0.29) is 34.5 Å². The van der Waals surface area contributed by atoms with Gasteiger partial charge in [0.25, 0.3) is 5.91 Å². The van der Waals surface area contributed by atoms with E-state index in [4.69, 9.17) is 11.6 Å². The van der Waals surface area contributed by atoms with E-state index in [1.807, 2.05) is 30.3 Å². The van der Waals surface area contributed by atoms with Crippen molar-refractivity contribution >= 4 is 37.2 Å². The van der Waals surface area contributed by atoms with Crippen molar-refractivity contribution in [1.29, 1.82) is 0 Å². The quantitative estimate of drug-likeness (QED) is 0.568. The topological polar surface area (TPSA) is 114 Å². The van der Waals surface area contributed by atoms with Crippen LogP contribution in [0, 0.1) is 0 Å². The normalized spacial score (nSPS) is 18.3. The Morgan fingerprint density at radius 1 is 1.27 bits per heavy atom. The van der Waals surface area contributed by atoms with Gasteiger partial charge < -0.3 is 4.90 Å². The Bertz CT molecular complexity index is 1140. The van der Waals surface area contributed by atoms with Crippen molar-refractivity contribution in [2.45, 2.75) is 37.5 Å². The third-order valence-electron chi connectivity index (χ3n) is 4.78. The Balaban J connectivity index is 2.00. The van der Waals surface area contributed by atoms with Gasteiger partial charge in [-0.1, -0.05) is 48.9 Å². The smallest absolute Gasteiger partial charge is 0.274 e. The summed E-state index contributed by atoms with van der Waals surface area (Å²) in [5.41, 5.74) is 0.556. The Labute approximate surface area is 181 Å². The predicted molar refractivity (Wildman–Crippen MR) is 113 cm³/mol. The monoisotopic (exact) mass is 471 g/mol. The van der Waals surface area contributed by atoms with Gasteiger partial charge in [-0.25, -0.2) is 26.8 Å². The molecule has 0 saturated carbocycles. The zero-order valence-electron chi connectivity index (χ0n) is 16.4. The molecule has 1 aromatic heterocycles. The van der Waals surface area contributed by atoms with Crippen molar-refractivity contribution in [3.63, 3.8) is 0 Å². The van der Waals surface area contributed by atoms with Gasteiger partial charge in [-0.05, 0) is 18.4 Å². The van der Waals surface area contributed by atoms with E-state index in [0.717, 1.165) is 11.8 Å². The van der Waals surface area contributed by atoms with Gasteiger partial charge in [0, 0.05) is 12.6 Å². The maximum absolute atomic E-state index is 13.4. The molecule has 8 nitrogen and oxygen atoms in total. The predicted octanol–water partition coefficient (Wildman–Crippen LogP) is 2.14. The molecular formula is C19H22ClN3O5S2. The summed E-state index contributed by atoms with van der Waals surface area (Å²) in [5.74, 6) is -0.947. The highest BCUT2D eigenvalue weighted by molar-refractivity contribution is 7.91. The molecule has 0 bridgehead atoms. The largest absolute Gasteiger partial charge is 0.329 e. The summed E-state index contributed by atoms with van der Waals surface area (Å²) in [6, 6.07) is 8.56. The van der Waals surface area contributed by atoms with Crippen LogP contribution in [0.4, 0.5) is 0 Å². The lowest BCUT2D eigenvalue weighted by Gasteiger charge is -2.28. The van der Waals surface area contributed by atoms with E-state index >= 15 is 0 Å². The van der Waals surface area contributed by atoms with Crippen molar-refractivity contribution in [3.05, 3.63) is 52.8 Å². The molecule has 0 N–H and O–H groups in total. The minimum Gasteiger partial charge on any atom is -0.329 e. The first-order valence-electron chi connectivity index (χ1n) is 9.43. The lowest BCUT2D eigenvalue weighted by Crippen LogP contribution is -2.41. The Morgan fingerprint density at radius 3 is 2.57 bits per heavy atom. The average Bonchev–Trinajstić information content (AvgIpc) is 3.06. The van der Waals surface area contributed by atoms with Crippen molar-refractivity contribution < 1.29 is 21.6 Å². The number of carbonyl (C=O) groups is 1. The summed E-state index contributed by atoms with van der Waals surface area (Å²) in [4.78, 5) is 22.5. The van der Waals surface area contributed by atoms with E-state index in [1.54, 1.807) is 6.92 Å². The Morgan fingerprint density at radius 2 is 1.97 bits per heavy atom. The van der Waals surface area contributed by atoms with E-state index < -0.39 is 36.8 Å². The van der Waals surface area contributed by atoms with Gasteiger partial charge in [0.15, 0.2) is 15.5 Å². The number of hydrogen-bond donors (Lipinski definition) is 0. The molecule has 162 valence electrons. The molecule has 1 fully saturated rings. The molecule has 1 aliphatic rings. The molecule has 0 radical (unpaired) electrons. The molecule has 1 aliphatic heterocycles. The maximum Gasteiger partial charge on any atom is 0.274 e. The van der Waals surface area contributed by atoms with Crippen LogP contribution >= 0.6 is 11.6 Å². The number of carbonyl (C=O) groups excluding carboxylic acids is 1. The van der Waals surface area contributed by atoms with Gasteiger partial charge in [0.05, 0.1) is 28.5 Å². The van der Waals surface area contributed by atoms with Crippen LogP contribution < -0.4 is 0 Å². The molecule has 3 rings (SSSR count). The molecule has 11 heteroatoms. The molecule has 0 unspecified atom stereocenters. The molecule has 1 amide bonds. The van der Waals surface area contributed by atoms with Crippen molar-refractivity contribution in [1.82, 2.24) is 14.9 Å². The van der Waals surface area contributed by atoms with Gasteiger partial charge >= 0.3 is 0 Å². The number of hydrogen-bond acceptors (Lipinski definition) is 7. The zero-order chi connectivity index (χ0) is 21.9. The van der Waals surface area contributed by atoms with Gasteiger partial charge in [0.1, 0.15) is 0 Å². The molecule has 2 heterocycles. The first-order chi connectivity index (χ1) is 14.1. The second-order valence-corrected chi connectivity index (χ2v) is 11.8. The number of aromatic nitrogens is 2. The summed E-state index contributed by atoms with van der Waals surface area (Å²) >= 11 is 6.14. The second-order valence-electron chi connectivity index (χ2n) is 7.14. The Hall–Kier alpha value is -2.04. The fourth-order valence-electron chi connectivity index (χ4n) is 3.31. The third-order valence-corrected chi connectivity index (χ3v) is 8.51. The summed E-state index contributed by atoms with van der Waals surface area (Å²) < 4.78 is 48.7. The van der Waals surface area contributed by atoms with Gasteiger partial charge in [0.2, 0.25) is 15.0 Å². The van der Waals surface area contributed by atoms with E-state index in [9.17, 15) is 21.6 Å². The summed E-state index contributed by atoms with van der Waals surface area (Å²) in [6.45, 7) is 1.86. The lowest BCUT2D eigenvalue weighted by molar-refractivity contribution is 0.0674. The van der Waals surface area contributed by atoms with Gasteiger partial charge in [-0.15, -0.1) is 0 Å². The highest BCUT2D eigenvalue weighted by Gasteiger charge is 2.36. The second kappa shape index (κ2) is 8.99. The number of halogens is 1. The molecule has 1 atom stereocenters. The molecule has 1 saturated heterocycles. The number of sulfone groups is 2. The average molecular weight is 472 g/mol. The molecule has 1 aromatic carbocycles. The maximum atomic E-state index is 13.4. The van der Waals surface area contributed by atoms with Gasteiger partial charge in [-0.2, -0.15) is 0 Å². The van der Waals surface area contributed by atoms with Crippen LogP contribution in [0.5, 0.6) is 0 Å². The van der Waals surface area contributed by atoms with Crippen LogP contribution in [0.25, 0.3) is 0 Å². The fraction of sp³-hybridized carbons (Fsp3) is 0.421. The number of nitrogens with zero attached hydrogens (tertiary/aromatic N) is 3. The highest BCUT2D eigenvalue weighted by atomic mass is 35.5. The van der Waals surface area contributed by atoms with Crippen molar-refractivity contribution in [2.75, 3.05) is 17.3 Å². The third kappa shape index (κ3) is 5.16. The minimum atomic E-state index is -3.75. The van der Waals surface area contributed by atoms with Crippen LogP contribution in [0.3, 0.4) is 0 Å². The SMILES string of the molecule is CCCS(=O)(=O)c1ncc(Cl)c(C(=O)N(Cc2ccccc2)[C@H]2CCS(=O)(=O)C2)n1. The first kappa shape index (κ1) is 22.6. The standard InChI is InChI=1S/C19H22ClN3O5S2/c1-2-9-30(27,28)19-21-11-16(20)17(22-19)18(24)23(12-14-6-4-3-5-7-14)15-8-10-29(25,26)13-15/h3-7,11,15H,2,8-10,12-13H2,1H3/t15-/m0/s1. The number of benzene rings is 1. The number of amides is 1. The van der Waals surface area contributed by atoms with Gasteiger partial charge in [-0.3, -0.25) is 4.79 Å².